The van der Waals surface area contributed by atoms with Crippen LogP contribution >= 0.6 is 0 Å². The Kier molecular flexibility index (Phi) is 4.01. The monoisotopic (exact) mass is 262 g/mol. The van der Waals surface area contributed by atoms with Crippen LogP contribution in [0.1, 0.15) is 24.9 Å². The quantitative estimate of drug-likeness (QED) is 0.643. The van der Waals surface area contributed by atoms with Gasteiger partial charge in [0.2, 0.25) is 5.91 Å². The lowest BCUT2D eigenvalue weighted by Crippen LogP contribution is -2.33. The molecule has 3 amide bonds. The van der Waals surface area contributed by atoms with Gasteiger partial charge in [0.1, 0.15) is 0 Å². The van der Waals surface area contributed by atoms with E-state index in [1.807, 2.05) is 19.1 Å². The van der Waals surface area contributed by atoms with Crippen molar-refractivity contribution >= 4 is 17.6 Å². The molecule has 2 rings (SSSR count). The first-order chi connectivity index (χ1) is 9.04. The summed E-state index contributed by atoms with van der Waals surface area (Å²) in [5, 5.41) is 8.70. The summed E-state index contributed by atoms with van der Waals surface area (Å²) < 4.78 is 0. The molecule has 6 nitrogen and oxygen atoms in total. The molecule has 0 saturated carbocycles. The van der Waals surface area contributed by atoms with Crippen LogP contribution in [0.25, 0.3) is 0 Å². The number of nitrogens with two attached hydrogens (primary N) is 1. The maximum Gasteiger partial charge on any atom is 0.316 e. The summed E-state index contributed by atoms with van der Waals surface area (Å²) in [6.07, 6.45) is 0.519. The molecular weight excluding hydrogens is 244 g/mol. The molecule has 1 aliphatic heterocycles. The second kappa shape index (κ2) is 5.71. The third-order valence-electron chi connectivity index (χ3n) is 3.14. The summed E-state index contributed by atoms with van der Waals surface area (Å²) in [4.78, 5) is 21.8. The molecule has 1 heterocycles. The van der Waals surface area contributed by atoms with Crippen LogP contribution in [-0.2, 0) is 4.79 Å². The van der Waals surface area contributed by atoms with Crippen LogP contribution in [0.15, 0.2) is 24.3 Å². The van der Waals surface area contributed by atoms with Gasteiger partial charge in [-0.15, -0.1) is 0 Å². The SMILES string of the molecule is CC(NC1CNC(=O)C1)c1ccc(NC(N)=O)cc1. The highest BCUT2D eigenvalue weighted by atomic mass is 16.2. The number of nitrogens with one attached hydrogen (secondary N) is 3. The molecular formula is C13H18N4O2. The Labute approximate surface area is 111 Å². The summed E-state index contributed by atoms with van der Waals surface area (Å²) in [6.45, 7) is 2.71. The van der Waals surface area contributed by atoms with Gasteiger partial charge in [-0.1, -0.05) is 12.1 Å². The van der Waals surface area contributed by atoms with Crippen LogP contribution in [0.3, 0.4) is 0 Å². The van der Waals surface area contributed by atoms with Crippen molar-refractivity contribution < 1.29 is 9.59 Å². The van der Waals surface area contributed by atoms with Gasteiger partial charge < -0.3 is 21.7 Å². The van der Waals surface area contributed by atoms with E-state index in [1.54, 1.807) is 12.1 Å². The first kappa shape index (κ1) is 13.4. The molecule has 1 aromatic carbocycles. The molecule has 1 fully saturated rings. The number of carbonyl (C=O) groups excluding carboxylic acids is 2. The largest absolute Gasteiger partial charge is 0.354 e. The van der Waals surface area contributed by atoms with Crippen molar-refractivity contribution in [1.82, 2.24) is 10.6 Å². The van der Waals surface area contributed by atoms with Crippen molar-refractivity contribution in [3.63, 3.8) is 0 Å². The molecule has 1 aliphatic rings. The minimum atomic E-state index is -0.575. The molecule has 19 heavy (non-hydrogen) atoms. The van der Waals surface area contributed by atoms with Gasteiger partial charge in [-0.3, -0.25) is 4.79 Å². The Morgan fingerprint density at radius 2 is 2.11 bits per heavy atom. The highest BCUT2D eigenvalue weighted by Gasteiger charge is 2.22. The van der Waals surface area contributed by atoms with E-state index in [9.17, 15) is 9.59 Å². The first-order valence-electron chi connectivity index (χ1n) is 6.24. The molecule has 6 heteroatoms. The van der Waals surface area contributed by atoms with Gasteiger partial charge in [0.15, 0.2) is 0 Å². The fourth-order valence-corrected chi connectivity index (χ4v) is 2.17. The van der Waals surface area contributed by atoms with E-state index in [0.717, 1.165) is 5.56 Å². The number of anilines is 1. The predicted molar refractivity (Wildman–Crippen MR) is 72.6 cm³/mol. The summed E-state index contributed by atoms with van der Waals surface area (Å²) in [5.41, 5.74) is 6.80. The molecule has 5 N–H and O–H groups in total. The van der Waals surface area contributed by atoms with E-state index >= 15 is 0 Å². The zero-order valence-electron chi connectivity index (χ0n) is 10.8. The normalized spacial score (nSPS) is 19.8. The number of benzene rings is 1. The van der Waals surface area contributed by atoms with Gasteiger partial charge in [0.25, 0.3) is 0 Å². The molecule has 0 radical (unpaired) electrons. The molecule has 0 aliphatic carbocycles. The van der Waals surface area contributed by atoms with E-state index in [4.69, 9.17) is 5.73 Å². The lowest BCUT2D eigenvalue weighted by Gasteiger charge is -2.18. The van der Waals surface area contributed by atoms with Crippen molar-refractivity contribution in [3.8, 4) is 0 Å². The highest BCUT2D eigenvalue weighted by molar-refractivity contribution is 5.87. The highest BCUT2D eigenvalue weighted by Crippen LogP contribution is 2.17. The zero-order valence-corrected chi connectivity index (χ0v) is 10.8. The maximum absolute atomic E-state index is 11.1. The number of urea groups is 1. The van der Waals surface area contributed by atoms with Gasteiger partial charge in [-0.05, 0) is 24.6 Å². The van der Waals surface area contributed by atoms with E-state index in [2.05, 4.69) is 16.0 Å². The fraction of sp³-hybridized carbons (Fsp3) is 0.385. The molecule has 2 unspecified atom stereocenters. The number of carbonyl (C=O) groups is 2. The first-order valence-corrected chi connectivity index (χ1v) is 6.24. The Morgan fingerprint density at radius 1 is 1.42 bits per heavy atom. The Hall–Kier alpha value is -2.08. The molecule has 0 spiro atoms. The number of amides is 3. The second-order valence-corrected chi connectivity index (χ2v) is 4.70. The fourth-order valence-electron chi connectivity index (χ4n) is 2.17. The lowest BCUT2D eigenvalue weighted by molar-refractivity contribution is -0.119. The molecule has 1 saturated heterocycles. The maximum atomic E-state index is 11.1. The molecule has 102 valence electrons. The van der Waals surface area contributed by atoms with Crippen molar-refractivity contribution in [2.75, 3.05) is 11.9 Å². The van der Waals surface area contributed by atoms with E-state index in [0.29, 0.717) is 18.7 Å². The summed E-state index contributed by atoms with van der Waals surface area (Å²) in [5.74, 6) is 0.0886. The minimum Gasteiger partial charge on any atom is -0.354 e. The minimum absolute atomic E-state index is 0.0886. The number of rotatable bonds is 4. The second-order valence-electron chi connectivity index (χ2n) is 4.70. The molecule has 1 aromatic rings. The Balaban J connectivity index is 1.93. The van der Waals surface area contributed by atoms with Crippen LogP contribution in [0.2, 0.25) is 0 Å². The van der Waals surface area contributed by atoms with E-state index in [-0.39, 0.29) is 18.0 Å². The smallest absolute Gasteiger partial charge is 0.316 e. The van der Waals surface area contributed by atoms with E-state index < -0.39 is 6.03 Å². The van der Waals surface area contributed by atoms with Gasteiger partial charge in [-0.2, -0.15) is 0 Å². The summed E-state index contributed by atoms with van der Waals surface area (Å²) in [6, 6.07) is 7.19. The predicted octanol–water partition coefficient (Wildman–Crippen LogP) is 0.716. The average molecular weight is 262 g/mol. The average Bonchev–Trinajstić information content (AvgIpc) is 2.75. The number of primary amides is 1. The molecule has 2 atom stereocenters. The van der Waals surface area contributed by atoms with Gasteiger partial charge in [-0.25, -0.2) is 4.79 Å². The third-order valence-corrected chi connectivity index (χ3v) is 3.14. The topological polar surface area (TPSA) is 96.2 Å². The van der Waals surface area contributed by atoms with Crippen LogP contribution in [0.5, 0.6) is 0 Å². The number of hydrogen-bond acceptors (Lipinski definition) is 3. The number of hydrogen-bond donors (Lipinski definition) is 4. The van der Waals surface area contributed by atoms with Crippen LogP contribution in [0.4, 0.5) is 10.5 Å². The van der Waals surface area contributed by atoms with Crippen LogP contribution in [-0.4, -0.2) is 24.5 Å². The lowest BCUT2D eigenvalue weighted by atomic mass is 10.1. The standard InChI is InChI=1S/C13H18N4O2/c1-8(16-11-6-12(18)15-7-11)9-2-4-10(5-3-9)17-13(14)19/h2-5,8,11,16H,6-7H2,1H3,(H,15,18)(H3,14,17,19). The Morgan fingerprint density at radius 3 is 2.63 bits per heavy atom. The van der Waals surface area contributed by atoms with Crippen molar-refractivity contribution in [2.45, 2.75) is 25.4 Å². The van der Waals surface area contributed by atoms with Crippen molar-refractivity contribution in [3.05, 3.63) is 29.8 Å². The van der Waals surface area contributed by atoms with Gasteiger partial charge in [0, 0.05) is 30.7 Å². The zero-order chi connectivity index (χ0) is 13.8. The summed E-state index contributed by atoms with van der Waals surface area (Å²) >= 11 is 0. The molecule has 0 aromatic heterocycles. The Bertz CT molecular complexity index is 472. The third kappa shape index (κ3) is 3.69. The van der Waals surface area contributed by atoms with Crippen LogP contribution < -0.4 is 21.7 Å². The van der Waals surface area contributed by atoms with Gasteiger partial charge in [0.05, 0.1) is 0 Å². The molecule has 0 bridgehead atoms. The van der Waals surface area contributed by atoms with E-state index in [1.165, 1.54) is 0 Å². The van der Waals surface area contributed by atoms with Crippen molar-refractivity contribution in [2.24, 2.45) is 5.73 Å². The summed E-state index contributed by atoms with van der Waals surface area (Å²) in [7, 11) is 0. The van der Waals surface area contributed by atoms with Crippen LogP contribution in [0, 0.1) is 0 Å². The van der Waals surface area contributed by atoms with Crippen molar-refractivity contribution in [1.29, 1.82) is 0 Å². The van der Waals surface area contributed by atoms with Gasteiger partial charge >= 0.3 is 6.03 Å².